The van der Waals surface area contributed by atoms with Crippen LogP contribution in [0.3, 0.4) is 0 Å². The fraction of sp³-hybridized carbons (Fsp3) is 0.0909. The van der Waals surface area contributed by atoms with Crippen molar-refractivity contribution in [2.24, 2.45) is 0 Å². The van der Waals surface area contributed by atoms with Gasteiger partial charge in [-0.05, 0) is 70.2 Å². The first kappa shape index (κ1) is 26.4. The molecule has 10 rings (SSSR count). The SMILES string of the molecule is C1=CC2=C(Oc3ccccc3C23c2ccccc2-c2ccccc23)C(c2cccc(N3c4ccccc4[N-]C3c3ccccc3)c2)C1. The third-order valence-corrected chi connectivity index (χ3v) is 10.4. The summed E-state index contributed by atoms with van der Waals surface area (Å²) >= 11 is 0. The average molecular weight is 604 g/mol. The molecule has 2 aliphatic carbocycles. The Hall–Kier alpha value is -5.80. The summed E-state index contributed by atoms with van der Waals surface area (Å²) in [5, 5.41) is 5.18. The number of hydrogen-bond donors (Lipinski definition) is 0. The van der Waals surface area contributed by atoms with Gasteiger partial charge in [-0.3, -0.25) is 0 Å². The van der Waals surface area contributed by atoms with E-state index in [0.717, 1.165) is 35.0 Å². The quantitative estimate of drug-likeness (QED) is 0.201. The molecule has 224 valence electrons. The van der Waals surface area contributed by atoms with Gasteiger partial charge in [-0.15, -0.1) is 5.69 Å². The third-order valence-electron chi connectivity index (χ3n) is 10.4. The highest BCUT2D eigenvalue weighted by molar-refractivity contribution is 5.89. The largest absolute Gasteiger partial charge is 0.659 e. The zero-order valence-electron chi connectivity index (χ0n) is 25.8. The number of rotatable bonds is 3. The van der Waals surface area contributed by atoms with Gasteiger partial charge in [0, 0.05) is 28.4 Å². The predicted molar refractivity (Wildman–Crippen MR) is 190 cm³/mol. The van der Waals surface area contributed by atoms with E-state index in [0.29, 0.717) is 0 Å². The summed E-state index contributed by atoms with van der Waals surface area (Å²) in [5.74, 6) is 2.04. The summed E-state index contributed by atoms with van der Waals surface area (Å²) in [6.07, 6.45) is 5.43. The first-order chi connectivity index (χ1) is 23.3. The zero-order valence-corrected chi connectivity index (χ0v) is 25.8. The molecular weight excluding hydrogens is 572 g/mol. The second-order valence-corrected chi connectivity index (χ2v) is 12.8. The van der Waals surface area contributed by atoms with Crippen molar-refractivity contribution in [2.75, 3.05) is 4.90 Å². The lowest BCUT2D eigenvalue weighted by Crippen LogP contribution is -2.36. The van der Waals surface area contributed by atoms with Crippen LogP contribution in [0, 0.1) is 0 Å². The number of fused-ring (bicyclic) bond motifs is 9. The van der Waals surface area contributed by atoms with E-state index in [1.54, 1.807) is 0 Å². The van der Waals surface area contributed by atoms with Gasteiger partial charge >= 0.3 is 0 Å². The van der Waals surface area contributed by atoms with Gasteiger partial charge in [-0.2, -0.15) is 0 Å². The van der Waals surface area contributed by atoms with Gasteiger partial charge in [0.05, 0.1) is 5.41 Å². The van der Waals surface area contributed by atoms with Crippen LogP contribution >= 0.6 is 0 Å². The van der Waals surface area contributed by atoms with Crippen LogP contribution < -0.4 is 9.64 Å². The van der Waals surface area contributed by atoms with Crippen molar-refractivity contribution in [3.63, 3.8) is 0 Å². The molecule has 2 atom stereocenters. The Balaban J connectivity index is 1.16. The van der Waals surface area contributed by atoms with Crippen LogP contribution in [0.15, 0.2) is 175 Å². The van der Waals surface area contributed by atoms with Crippen LogP contribution in [0.2, 0.25) is 0 Å². The predicted octanol–water partition coefficient (Wildman–Crippen LogP) is 11.2. The van der Waals surface area contributed by atoms with Crippen LogP contribution in [0.5, 0.6) is 5.75 Å². The highest BCUT2D eigenvalue weighted by Crippen LogP contribution is 2.62. The van der Waals surface area contributed by atoms with E-state index in [-0.39, 0.29) is 12.1 Å². The number of anilines is 2. The van der Waals surface area contributed by atoms with Crippen molar-refractivity contribution < 1.29 is 4.74 Å². The highest BCUT2D eigenvalue weighted by atomic mass is 16.5. The topological polar surface area (TPSA) is 26.6 Å². The second-order valence-electron chi connectivity index (χ2n) is 12.8. The Kier molecular flexibility index (Phi) is 5.68. The molecule has 0 saturated carbocycles. The number of ether oxygens (including phenoxy) is 1. The van der Waals surface area contributed by atoms with E-state index >= 15 is 0 Å². The minimum atomic E-state index is -0.449. The molecule has 4 aliphatic rings. The lowest BCUT2D eigenvalue weighted by atomic mass is 9.63. The van der Waals surface area contributed by atoms with E-state index < -0.39 is 5.41 Å². The minimum Gasteiger partial charge on any atom is -0.659 e. The van der Waals surface area contributed by atoms with Gasteiger partial charge < -0.3 is 15.0 Å². The first-order valence-corrected chi connectivity index (χ1v) is 16.4. The maximum Gasteiger partial charge on any atom is 0.131 e. The van der Waals surface area contributed by atoms with Crippen LogP contribution in [0.4, 0.5) is 17.1 Å². The van der Waals surface area contributed by atoms with Gasteiger partial charge in [0.2, 0.25) is 0 Å². The lowest BCUT2D eigenvalue weighted by molar-refractivity contribution is 0.345. The molecule has 2 heterocycles. The summed E-state index contributed by atoms with van der Waals surface area (Å²) in [4.78, 5) is 2.38. The zero-order chi connectivity index (χ0) is 31.0. The smallest absolute Gasteiger partial charge is 0.131 e. The van der Waals surface area contributed by atoms with Crippen molar-refractivity contribution in [3.05, 3.63) is 208 Å². The normalized spacial score (nSPS) is 19.3. The summed E-state index contributed by atoms with van der Waals surface area (Å²) in [6, 6.07) is 54.6. The Labute approximate surface area is 275 Å². The van der Waals surface area contributed by atoms with Crippen molar-refractivity contribution in [2.45, 2.75) is 23.9 Å². The molecule has 0 N–H and O–H groups in total. The molecule has 0 fully saturated rings. The van der Waals surface area contributed by atoms with Gasteiger partial charge in [-0.1, -0.05) is 140 Å². The number of nitrogens with zero attached hydrogens (tertiary/aromatic N) is 2. The van der Waals surface area contributed by atoms with Crippen molar-refractivity contribution in [1.29, 1.82) is 0 Å². The Morgan fingerprint density at radius 2 is 1.28 bits per heavy atom. The first-order valence-electron chi connectivity index (χ1n) is 16.4. The molecule has 3 heteroatoms. The van der Waals surface area contributed by atoms with Gasteiger partial charge in [0.25, 0.3) is 0 Å². The Morgan fingerprint density at radius 3 is 2.09 bits per heavy atom. The van der Waals surface area contributed by atoms with Gasteiger partial charge in [-0.25, -0.2) is 0 Å². The highest BCUT2D eigenvalue weighted by Gasteiger charge is 2.52. The van der Waals surface area contributed by atoms with Crippen molar-refractivity contribution in [3.8, 4) is 16.9 Å². The van der Waals surface area contributed by atoms with E-state index in [9.17, 15) is 0 Å². The Morgan fingerprint density at radius 1 is 0.617 bits per heavy atom. The molecule has 2 aliphatic heterocycles. The van der Waals surface area contributed by atoms with Crippen molar-refractivity contribution >= 4 is 17.1 Å². The average Bonchev–Trinajstić information content (AvgIpc) is 3.67. The molecule has 47 heavy (non-hydrogen) atoms. The molecule has 6 aromatic carbocycles. The maximum absolute atomic E-state index is 7.03. The molecule has 3 nitrogen and oxygen atoms in total. The van der Waals surface area contributed by atoms with Gasteiger partial charge in [0.1, 0.15) is 11.5 Å². The van der Waals surface area contributed by atoms with Crippen molar-refractivity contribution in [1.82, 2.24) is 0 Å². The monoisotopic (exact) mass is 603 g/mol. The number of benzene rings is 6. The summed E-state index contributed by atoms with van der Waals surface area (Å²) in [7, 11) is 0. The third kappa shape index (κ3) is 3.68. The summed E-state index contributed by atoms with van der Waals surface area (Å²) in [5.41, 5.74) is 12.9. The molecule has 0 bridgehead atoms. The van der Waals surface area contributed by atoms with Crippen LogP contribution in [-0.2, 0) is 5.41 Å². The number of para-hydroxylation sites is 3. The summed E-state index contributed by atoms with van der Waals surface area (Å²) in [6.45, 7) is 0. The van der Waals surface area contributed by atoms with Crippen LogP contribution in [0.25, 0.3) is 16.4 Å². The molecule has 0 amide bonds. The van der Waals surface area contributed by atoms with E-state index in [2.05, 4.69) is 169 Å². The lowest BCUT2D eigenvalue weighted by Gasteiger charge is -2.43. The summed E-state index contributed by atoms with van der Waals surface area (Å²) < 4.78 is 7.03. The van der Waals surface area contributed by atoms with E-state index in [1.807, 2.05) is 0 Å². The Bertz CT molecular complexity index is 2220. The number of allylic oxidation sites excluding steroid dienone is 4. The molecule has 6 aromatic rings. The molecule has 0 aromatic heterocycles. The minimum absolute atomic E-state index is 0.0602. The second kappa shape index (κ2) is 10.1. The van der Waals surface area contributed by atoms with Gasteiger partial charge in [0.15, 0.2) is 0 Å². The van der Waals surface area contributed by atoms with Crippen LogP contribution in [-0.4, -0.2) is 0 Å². The molecular formula is C44H31N2O-. The fourth-order valence-corrected chi connectivity index (χ4v) is 8.49. The van der Waals surface area contributed by atoms with E-state index in [4.69, 9.17) is 10.1 Å². The molecule has 0 radical (unpaired) electrons. The fourth-order valence-electron chi connectivity index (χ4n) is 8.49. The number of hydrogen-bond acceptors (Lipinski definition) is 2. The standard InChI is InChI=1S/C44H31N2O/c1-2-14-29(15-3-1)43-45-39-25-9-10-26-40(39)46(43)31-17-12-16-30(28-31)32-20-13-24-38-42(32)47-41-27-11-8-23-37(41)44(38)35-21-6-4-18-33(35)34-19-5-7-22-36(34)44/h1-19,21-28,32,43H,20H2/q-1. The molecule has 0 saturated heterocycles. The van der Waals surface area contributed by atoms with E-state index in [1.165, 1.54) is 44.5 Å². The van der Waals surface area contributed by atoms with Crippen LogP contribution in [0.1, 0.15) is 46.3 Å². The maximum atomic E-state index is 7.03. The molecule has 1 spiro atoms. The molecule has 2 unspecified atom stereocenters.